The minimum atomic E-state index is -0.494. The summed E-state index contributed by atoms with van der Waals surface area (Å²) in [5.74, 6) is -0.402. The lowest BCUT2D eigenvalue weighted by Gasteiger charge is -2.32. The van der Waals surface area contributed by atoms with Gasteiger partial charge in [0.25, 0.3) is 5.91 Å². The molecule has 0 unspecified atom stereocenters. The number of aryl methyl sites for hydroxylation is 1. The number of carbonyl (C=O) groups is 2. The molecule has 2 aromatic rings. The molecule has 1 saturated heterocycles. The summed E-state index contributed by atoms with van der Waals surface area (Å²) in [6.45, 7) is 3.06. The Hall–Kier alpha value is -2.34. The molecule has 0 saturated carbocycles. The van der Waals surface area contributed by atoms with E-state index in [4.69, 9.17) is 0 Å². The number of carbonyl (C=O) groups excluding carboxylic acids is 2. The SMILES string of the molecule is Cc1ccccc1SCC(=O)NC1CCN(C(=O)c2ccccc2F)CC1. The number of hydrogen-bond acceptors (Lipinski definition) is 3. The van der Waals surface area contributed by atoms with E-state index in [1.54, 1.807) is 17.0 Å². The molecule has 1 heterocycles. The highest BCUT2D eigenvalue weighted by Gasteiger charge is 2.25. The molecule has 0 atom stereocenters. The Labute approximate surface area is 163 Å². The number of thioether (sulfide) groups is 1. The van der Waals surface area contributed by atoms with Crippen LogP contribution in [0.25, 0.3) is 0 Å². The molecule has 4 nitrogen and oxygen atoms in total. The van der Waals surface area contributed by atoms with Crippen molar-refractivity contribution < 1.29 is 14.0 Å². The Balaban J connectivity index is 1.45. The Kier molecular flexibility index (Phi) is 6.50. The first-order chi connectivity index (χ1) is 13.0. The number of amides is 2. The van der Waals surface area contributed by atoms with Crippen LogP contribution in [0.2, 0.25) is 0 Å². The largest absolute Gasteiger partial charge is 0.353 e. The van der Waals surface area contributed by atoms with Gasteiger partial charge in [-0.05, 0) is 43.5 Å². The van der Waals surface area contributed by atoms with Crippen LogP contribution in [0.4, 0.5) is 4.39 Å². The van der Waals surface area contributed by atoms with Crippen LogP contribution in [0.3, 0.4) is 0 Å². The van der Waals surface area contributed by atoms with Crippen LogP contribution in [-0.2, 0) is 4.79 Å². The van der Waals surface area contributed by atoms with Crippen molar-refractivity contribution in [2.24, 2.45) is 0 Å². The number of halogens is 1. The summed E-state index contributed by atoms with van der Waals surface area (Å²) < 4.78 is 13.8. The maximum absolute atomic E-state index is 13.8. The first kappa shape index (κ1) is 19.4. The molecule has 1 aliphatic heterocycles. The Morgan fingerprint density at radius 3 is 2.48 bits per heavy atom. The molecule has 1 N–H and O–H groups in total. The number of piperidine rings is 1. The van der Waals surface area contributed by atoms with E-state index in [1.165, 1.54) is 23.9 Å². The monoisotopic (exact) mass is 386 g/mol. The van der Waals surface area contributed by atoms with E-state index in [0.29, 0.717) is 31.7 Å². The smallest absolute Gasteiger partial charge is 0.256 e. The zero-order valence-corrected chi connectivity index (χ0v) is 16.1. The van der Waals surface area contributed by atoms with Gasteiger partial charge in [0, 0.05) is 24.0 Å². The van der Waals surface area contributed by atoms with Gasteiger partial charge in [-0.3, -0.25) is 9.59 Å². The summed E-state index contributed by atoms with van der Waals surface area (Å²) in [5, 5.41) is 3.05. The van der Waals surface area contributed by atoms with Gasteiger partial charge in [0.15, 0.2) is 0 Å². The average molecular weight is 386 g/mol. The van der Waals surface area contributed by atoms with Crippen molar-refractivity contribution in [1.29, 1.82) is 0 Å². The second-order valence-electron chi connectivity index (χ2n) is 6.67. The summed E-state index contributed by atoms with van der Waals surface area (Å²) in [4.78, 5) is 27.4. The Bertz CT molecular complexity index is 819. The van der Waals surface area contributed by atoms with Gasteiger partial charge in [-0.1, -0.05) is 30.3 Å². The highest BCUT2D eigenvalue weighted by atomic mass is 32.2. The fourth-order valence-electron chi connectivity index (χ4n) is 3.16. The first-order valence-corrected chi connectivity index (χ1v) is 10.0. The van der Waals surface area contributed by atoms with Crippen molar-refractivity contribution in [3.05, 3.63) is 65.5 Å². The molecule has 0 aromatic heterocycles. The van der Waals surface area contributed by atoms with Crippen molar-refractivity contribution in [1.82, 2.24) is 10.2 Å². The lowest BCUT2D eigenvalue weighted by molar-refractivity contribution is -0.119. The van der Waals surface area contributed by atoms with Gasteiger partial charge >= 0.3 is 0 Å². The minimum Gasteiger partial charge on any atom is -0.353 e. The molecule has 0 spiro atoms. The number of benzene rings is 2. The number of nitrogens with one attached hydrogen (secondary N) is 1. The molecular weight excluding hydrogens is 363 g/mol. The molecule has 6 heteroatoms. The lowest BCUT2D eigenvalue weighted by atomic mass is 10.0. The molecule has 0 aliphatic carbocycles. The maximum atomic E-state index is 13.8. The third-order valence-corrected chi connectivity index (χ3v) is 5.88. The van der Waals surface area contributed by atoms with Crippen LogP contribution in [0.5, 0.6) is 0 Å². The third kappa shape index (κ3) is 5.10. The first-order valence-electron chi connectivity index (χ1n) is 9.06. The van der Waals surface area contributed by atoms with Crippen molar-refractivity contribution in [2.45, 2.75) is 30.7 Å². The van der Waals surface area contributed by atoms with Gasteiger partial charge in [0.1, 0.15) is 5.82 Å². The van der Waals surface area contributed by atoms with Crippen LogP contribution >= 0.6 is 11.8 Å². The van der Waals surface area contributed by atoms with E-state index < -0.39 is 5.82 Å². The predicted molar refractivity (Wildman–Crippen MR) is 105 cm³/mol. The molecule has 2 amide bonds. The minimum absolute atomic E-state index is 0.00198. The van der Waals surface area contributed by atoms with E-state index in [-0.39, 0.29) is 23.4 Å². The van der Waals surface area contributed by atoms with E-state index in [0.717, 1.165) is 10.5 Å². The molecular formula is C21H23FN2O2S. The number of likely N-dealkylation sites (tertiary alicyclic amines) is 1. The summed E-state index contributed by atoms with van der Waals surface area (Å²) >= 11 is 1.53. The predicted octanol–water partition coefficient (Wildman–Crippen LogP) is 3.65. The van der Waals surface area contributed by atoms with E-state index in [2.05, 4.69) is 5.32 Å². The van der Waals surface area contributed by atoms with Gasteiger partial charge in [0.05, 0.1) is 11.3 Å². The highest BCUT2D eigenvalue weighted by Crippen LogP contribution is 2.22. The Morgan fingerprint density at radius 1 is 1.11 bits per heavy atom. The Morgan fingerprint density at radius 2 is 1.78 bits per heavy atom. The van der Waals surface area contributed by atoms with Crippen LogP contribution < -0.4 is 5.32 Å². The molecule has 1 fully saturated rings. The van der Waals surface area contributed by atoms with Gasteiger partial charge in [-0.2, -0.15) is 0 Å². The summed E-state index contributed by atoms with van der Waals surface area (Å²) in [7, 11) is 0. The van der Waals surface area contributed by atoms with Crippen molar-refractivity contribution >= 4 is 23.6 Å². The fraction of sp³-hybridized carbons (Fsp3) is 0.333. The summed E-state index contributed by atoms with van der Waals surface area (Å²) in [6, 6.07) is 14.1. The average Bonchev–Trinajstić information content (AvgIpc) is 2.68. The van der Waals surface area contributed by atoms with Gasteiger partial charge in [-0.25, -0.2) is 4.39 Å². The van der Waals surface area contributed by atoms with E-state index >= 15 is 0 Å². The van der Waals surface area contributed by atoms with Crippen molar-refractivity contribution in [3.63, 3.8) is 0 Å². The van der Waals surface area contributed by atoms with Gasteiger partial charge in [0.2, 0.25) is 5.91 Å². The number of rotatable bonds is 5. The van der Waals surface area contributed by atoms with Crippen LogP contribution in [0, 0.1) is 12.7 Å². The topological polar surface area (TPSA) is 49.4 Å². The molecule has 0 bridgehead atoms. The van der Waals surface area contributed by atoms with Crippen LogP contribution in [0.1, 0.15) is 28.8 Å². The normalized spacial score (nSPS) is 14.8. The van der Waals surface area contributed by atoms with Crippen LogP contribution in [0.15, 0.2) is 53.4 Å². The highest BCUT2D eigenvalue weighted by molar-refractivity contribution is 8.00. The number of hydrogen-bond donors (Lipinski definition) is 1. The van der Waals surface area contributed by atoms with Gasteiger partial charge in [-0.15, -0.1) is 11.8 Å². The maximum Gasteiger partial charge on any atom is 0.256 e. The fourth-order valence-corrected chi connectivity index (χ4v) is 4.00. The second kappa shape index (κ2) is 9.04. The second-order valence-corrected chi connectivity index (χ2v) is 7.69. The molecule has 2 aromatic carbocycles. The van der Waals surface area contributed by atoms with E-state index in [1.807, 2.05) is 31.2 Å². The standard InChI is InChI=1S/C21H23FN2O2S/c1-15-6-2-5-9-19(15)27-14-20(25)23-16-10-12-24(13-11-16)21(26)17-7-3-4-8-18(17)22/h2-9,16H,10-14H2,1H3,(H,23,25). The third-order valence-electron chi connectivity index (χ3n) is 4.70. The summed E-state index contributed by atoms with van der Waals surface area (Å²) in [5.41, 5.74) is 1.27. The summed E-state index contributed by atoms with van der Waals surface area (Å²) in [6.07, 6.45) is 1.36. The van der Waals surface area contributed by atoms with Gasteiger partial charge < -0.3 is 10.2 Å². The quantitative estimate of drug-likeness (QED) is 0.798. The molecule has 142 valence electrons. The zero-order chi connectivity index (χ0) is 19.2. The van der Waals surface area contributed by atoms with Crippen LogP contribution in [-0.4, -0.2) is 41.6 Å². The zero-order valence-electron chi connectivity index (χ0n) is 15.3. The van der Waals surface area contributed by atoms with Crippen molar-refractivity contribution in [3.8, 4) is 0 Å². The lowest BCUT2D eigenvalue weighted by Crippen LogP contribution is -2.47. The number of nitrogens with zero attached hydrogens (tertiary/aromatic N) is 1. The molecule has 0 radical (unpaired) electrons. The van der Waals surface area contributed by atoms with Crippen molar-refractivity contribution in [2.75, 3.05) is 18.8 Å². The molecule has 3 rings (SSSR count). The van der Waals surface area contributed by atoms with E-state index in [9.17, 15) is 14.0 Å². The molecule has 1 aliphatic rings. The molecule has 27 heavy (non-hydrogen) atoms.